The largest absolute Gasteiger partial charge is 0.298 e. The molecular formula is C20H20N4O2. The van der Waals surface area contributed by atoms with Gasteiger partial charge in [0.15, 0.2) is 0 Å². The van der Waals surface area contributed by atoms with Gasteiger partial charge >= 0.3 is 0 Å². The molecule has 132 valence electrons. The van der Waals surface area contributed by atoms with Crippen molar-refractivity contribution in [2.45, 2.75) is 32.2 Å². The number of rotatable bonds is 4. The molecule has 6 heteroatoms. The van der Waals surface area contributed by atoms with Crippen molar-refractivity contribution >= 4 is 22.6 Å². The molecule has 0 saturated heterocycles. The first kappa shape index (κ1) is 16.3. The molecule has 2 aromatic carbocycles. The maximum atomic E-state index is 12.4. The molecule has 4 rings (SSSR count). The number of nitrogens with zero attached hydrogens (tertiary/aromatic N) is 2. The second-order valence-electron chi connectivity index (χ2n) is 6.49. The second-order valence-corrected chi connectivity index (χ2v) is 6.49. The number of hydrogen-bond acceptors (Lipinski definition) is 4. The summed E-state index contributed by atoms with van der Waals surface area (Å²) >= 11 is 0. The molecule has 6 nitrogen and oxygen atoms in total. The number of amides is 1. The summed E-state index contributed by atoms with van der Waals surface area (Å²) in [6.45, 7) is -0.0656. The SMILES string of the molecule is O=C(Cn1c(=O)cnc2ccccc21)NNc1cccc2c1CCCC2. The Kier molecular flexibility index (Phi) is 4.39. The number of benzene rings is 2. The molecule has 0 aliphatic heterocycles. The van der Waals surface area contributed by atoms with Crippen LogP contribution in [0.15, 0.2) is 53.5 Å². The van der Waals surface area contributed by atoms with E-state index in [1.54, 1.807) is 6.07 Å². The third kappa shape index (κ3) is 3.18. The highest BCUT2D eigenvalue weighted by atomic mass is 16.2. The number of carbonyl (C=O) groups excluding carboxylic acids is 1. The van der Waals surface area contributed by atoms with E-state index >= 15 is 0 Å². The zero-order valence-corrected chi connectivity index (χ0v) is 14.4. The van der Waals surface area contributed by atoms with E-state index in [2.05, 4.69) is 21.9 Å². The maximum absolute atomic E-state index is 12.4. The maximum Gasteiger partial charge on any atom is 0.269 e. The number of aryl methyl sites for hydroxylation is 1. The average molecular weight is 348 g/mol. The van der Waals surface area contributed by atoms with Gasteiger partial charge in [0.25, 0.3) is 11.5 Å². The Labute approximate surface area is 150 Å². The lowest BCUT2D eigenvalue weighted by molar-refractivity contribution is -0.121. The lowest BCUT2D eigenvalue weighted by atomic mass is 9.90. The zero-order valence-electron chi connectivity index (χ0n) is 14.4. The number of anilines is 1. The van der Waals surface area contributed by atoms with Crippen LogP contribution < -0.4 is 16.4 Å². The van der Waals surface area contributed by atoms with E-state index in [1.165, 1.54) is 28.3 Å². The van der Waals surface area contributed by atoms with E-state index in [0.717, 1.165) is 24.9 Å². The molecule has 0 saturated carbocycles. The molecule has 3 aromatic rings. The van der Waals surface area contributed by atoms with Crippen LogP contribution in [-0.2, 0) is 24.2 Å². The fourth-order valence-electron chi connectivity index (χ4n) is 3.50. The summed E-state index contributed by atoms with van der Waals surface area (Å²) in [5, 5.41) is 0. The van der Waals surface area contributed by atoms with E-state index in [0.29, 0.717) is 11.0 Å². The number of fused-ring (bicyclic) bond motifs is 2. The molecule has 1 aromatic heterocycles. The third-order valence-corrected chi connectivity index (χ3v) is 4.79. The smallest absolute Gasteiger partial charge is 0.269 e. The molecule has 1 aliphatic carbocycles. The predicted molar refractivity (Wildman–Crippen MR) is 101 cm³/mol. The first-order chi connectivity index (χ1) is 12.7. The van der Waals surface area contributed by atoms with Gasteiger partial charge in [0.2, 0.25) is 0 Å². The van der Waals surface area contributed by atoms with Gasteiger partial charge in [0.1, 0.15) is 6.54 Å². The van der Waals surface area contributed by atoms with Crippen LogP contribution >= 0.6 is 0 Å². The molecule has 0 atom stereocenters. The molecule has 26 heavy (non-hydrogen) atoms. The number of para-hydroxylation sites is 2. The van der Waals surface area contributed by atoms with Crippen LogP contribution in [0.3, 0.4) is 0 Å². The van der Waals surface area contributed by atoms with Crippen LogP contribution in [0.2, 0.25) is 0 Å². The lowest BCUT2D eigenvalue weighted by Crippen LogP contribution is -2.36. The number of hydrogen-bond donors (Lipinski definition) is 2. The van der Waals surface area contributed by atoms with Gasteiger partial charge in [-0.2, -0.15) is 0 Å². The highest BCUT2D eigenvalue weighted by Crippen LogP contribution is 2.27. The summed E-state index contributed by atoms with van der Waals surface area (Å²) in [5.41, 5.74) is 10.3. The van der Waals surface area contributed by atoms with Crippen molar-refractivity contribution in [3.8, 4) is 0 Å². The molecule has 1 heterocycles. The summed E-state index contributed by atoms with van der Waals surface area (Å²) in [6, 6.07) is 13.4. The van der Waals surface area contributed by atoms with Crippen molar-refractivity contribution in [2.75, 3.05) is 5.43 Å². The van der Waals surface area contributed by atoms with E-state index in [1.807, 2.05) is 30.3 Å². The van der Waals surface area contributed by atoms with E-state index in [9.17, 15) is 9.59 Å². The van der Waals surface area contributed by atoms with Crippen molar-refractivity contribution in [1.82, 2.24) is 15.0 Å². The minimum atomic E-state index is -0.295. The minimum absolute atomic E-state index is 0.0656. The molecule has 1 amide bonds. The number of hydrazine groups is 1. The Morgan fingerprint density at radius 1 is 1.08 bits per heavy atom. The fraction of sp³-hybridized carbons (Fsp3) is 0.250. The Bertz CT molecular complexity index is 1030. The second kappa shape index (κ2) is 7.00. The number of aromatic nitrogens is 2. The summed E-state index contributed by atoms with van der Waals surface area (Å²) < 4.78 is 1.43. The summed E-state index contributed by atoms with van der Waals surface area (Å²) in [4.78, 5) is 28.6. The Morgan fingerprint density at radius 2 is 1.92 bits per heavy atom. The molecule has 0 radical (unpaired) electrons. The molecule has 1 aliphatic rings. The van der Waals surface area contributed by atoms with Crippen molar-refractivity contribution in [3.05, 3.63) is 70.1 Å². The summed E-state index contributed by atoms with van der Waals surface area (Å²) in [6.07, 6.45) is 5.72. The monoisotopic (exact) mass is 348 g/mol. The topological polar surface area (TPSA) is 76.0 Å². The van der Waals surface area contributed by atoms with Crippen LogP contribution in [0.1, 0.15) is 24.0 Å². The van der Waals surface area contributed by atoms with Crippen molar-refractivity contribution in [2.24, 2.45) is 0 Å². The minimum Gasteiger partial charge on any atom is -0.298 e. The van der Waals surface area contributed by atoms with Gasteiger partial charge in [-0.1, -0.05) is 24.3 Å². The van der Waals surface area contributed by atoms with Gasteiger partial charge < -0.3 is 0 Å². The molecular weight excluding hydrogens is 328 g/mol. The number of nitrogens with one attached hydrogen (secondary N) is 2. The predicted octanol–water partition coefficient (Wildman–Crippen LogP) is 2.42. The fourth-order valence-corrected chi connectivity index (χ4v) is 3.50. The van der Waals surface area contributed by atoms with Crippen molar-refractivity contribution in [1.29, 1.82) is 0 Å². The Balaban J connectivity index is 1.51. The molecule has 0 spiro atoms. The first-order valence-corrected chi connectivity index (χ1v) is 8.82. The third-order valence-electron chi connectivity index (χ3n) is 4.79. The van der Waals surface area contributed by atoms with Crippen molar-refractivity contribution in [3.63, 3.8) is 0 Å². The van der Waals surface area contributed by atoms with Crippen LogP contribution in [-0.4, -0.2) is 15.5 Å². The number of carbonyl (C=O) groups is 1. The van der Waals surface area contributed by atoms with Gasteiger partial charge in [-0.05, 0) is 55.0 Å². The molecule has 0 fully saturated rings. The lowest BCUT2D eigenvalue weighted by Gasteiger charge is -2.20. The first-order valence-electron chi connectivity index (χ1n) is 8.82. The average Bonchev–Trinajstić information content (AvgIpc) is 2.68. The van der Waals surface area contributed by atoms with Gasteiger partial charge in [-0.15, -0.1) is 0 Å². The normalized spacial score (nSPS) is 13.2. The molecule has 2 N–H and O–H groups in total. The standard InChI is InChI=1S/C20H20N4O2/c25-19(13-24-18-11-4-3-9-17(18)21-12-20(24)26)23-22-16-10-5-7-14-6-1-2-8-15(14)16/h3-5,7,9-12,22H,1-2,6,8,13H2,(H,23,25). The summed E-state index contributed by atoms with van der Waals surface area (Å²) in [7, 11) is 0. The van der Waals surface area contributed by atoms with Gasteiger partial charge in [0.05, 0.1) is 22.9 Å². The molecule has 0 unspecified atom stereocenters. The Hall–Kier alpha value is -3.15. The van der Waals surface area contributed by atoms with E-state index in [-0.39, 0.29) is 18.0 Å². The van der Waals surface area contributed by atoms with E-state index in [4.69, 9.17) is 0 Å². The van der Waals surface area contributed by atoms with E-state index < -0.39 is 0 Å². The van der Waals surface area contributed by atoms with Crippen molar-refractivity contribution < 1.29 is 4.79 Å². The van der Waals surface area contributed by atoms with Crippen LogP contribution in [0.5, 0.6) is 0 Å². The Morgan fingerprint density at radius 3 is 2.85 bits per heavy atom. The van der Waals surface area contributed by atoms with Crippen LogP contribution in [0, 0.1) is 0 Å². The summed E-state index contributed by atoms with van der Waals surface area (Å²) in [5.74, 6) is -0.281. The molecule has 0 bridgehead atoms. The zero-order chi connectivity index (χ0) is 17.9. The van der Waals surface area contributed by atoms with Gasteiger partial charge in [-0.3, -0.25) is 25.0 Å². The van der Waals surface area contributed by atoms with Crippen LogP contribution in [0.4, 0.5) is 5.69 Å². The van der Waals surface area contributed by atoms with Gasteiger partial charge in [0, 0.05) is 0 Å². The van der Waals surface area contributed by atoms with Crippen LogP contribution in [0.25, 0.3) is 11.0 Å². The van der Waals surface area contributed by atoms with Gasteiger partial charge in [-0.25, -0.2) is 4.98 Å². The highest BCUT2D eigenvalue weighted by Gasteiger charge is 2.14. The quantitative estimate of drug-likeness (QED) is 0.710. The highest BCUT2D eigenvalue weighted by molar-refractivity contribution is 5.81.